The van der Waals surface area contributed by atoms with Gasteiger partial charge in [-0.05, 0) is 42.9 Å². The Bertz CT molecular complexity index is 769. The van der Waals surface area contributed by atoms with E-state index >= 15 is 0 Å². The maximum atomic E-state index is 13.4. The Hall–Kier alpha value is -1.95. The van der Waals surface area contributed by atoms with Crippen molar-refractivity contribution in [2.75, 3.05) is 26.2 Å². The highest BCUT2D eigenvalue weighted by Gasteiger charge is 2.35. The summed E-state index contributed by atoms with van der Waals surface area (Å²) in [7, 11) is 0. The molecule has 4 rings (SSSR count). The minimum absolute atomic E-state index is 0. The van der Waals surface area contributed by atoms with Crippen LogP contribution < -0.4 is 5.32 Å². The van der Waals surface area contributed by atoms with E-state index < -0.39 is 0 Å². The summed E-state index contributed by atoms with van der Waals surface area (Å²) < 4.78 is 0. The molecule has 2 fully saturated rings. The fraction of sp³-hybridized carbons (Fsp3) is 0.478. The van der Waals surface area contributed by atoms with Crippen LogP contribution in [0.15, 0.2) is 54.9 Å². The number of carbonyl (C=O) groups is 1. The first-order valence-corrected chi connectivity index (χ1v) is 10.4. The molecule has 29 heavy (non-hydrogen) atoms. The second kappa shape index (κ2) is 10.2. The second-order valence-electron chi connectivity index (χ2n) is 8.06. The van der Waals surface area contributed by atoms with Crippen LogP contribution in [0, 0.1) is 5.92 Å². The van der Waals surface area contributed by atoms with Crippen LogP contribution in [0.25, 0.3) is 0 Å². The van der Waals surface area contributed by atoms with E-state index in [1.165, 1.54) is 24.0 Å². The molecular formula is C23H31ClN4O. The van der Waals surface area contributed by atoms with E-state index in [0.717, 1.165) is 19.6 Å². The maximum Gasteiger partial charge on any atom is 0.237 e. The summed E-state index contributed by atoms with van der Waals surface area (Å²) in [6.45, 7) is 6.03. The number of hydrogen-bond donors (Lipinski definition) is 1. The van der Waals surface area contributed by atoms with Crippen LogP contribution in [0.3, 0.4) is 0 Å². The van der Waals surface area contributed by atoms with E-state index in [0.29, 0.717) is 25.0 Å². The summed E-state index contributed by atoms with van der Waals surface area (Å²) in [6, 6.07) is 14.9. The lowest BCUT2D eigenvalue weighted by atomic mass is 10.0. The van der Waals surface area contributed by atoms with E-state index in [2.05, 4.69) is 57.4 Å². The van der Waals surface area contributed by atoms with Crippen LogP contribution in [0.1, 0.15) is 36.9 Å². The fourth-order valence-electron chi connectivity index (χ4n) is 4.17. The summed E-state index contributed by atoms with van der Waals surface area (Å²) in [6.07, 6.45) is 6.20. The van der Waals surface area contributed by atoms with Crippen LogP contribution in [-0.2, 0) is 11.3 Å². The van der Waals surface area contributed by atoms with Crippen molar-refractivity contribution in [1.29, 1.82) is 0 Å². The molecule has 0 bridgehead atoms. The standard InChI is InChI=1S/C23H30N4O.ClH/c1-18(20-9-10-20)27(16-19-6-3-2-4-7-19)23(28)17-26-13-12-25-15-22(26)21-8-5-11-24-14-21;/h2-8,11,14,18,20,22,25H,9-10,12-13,15-17H2,1H3;1H. The van der Waals surface area contributed by atoms with Gasteiger partial charge in [0.2, 0.25) is 5.91 Å². The van der Waals surface area contributed by atoms with Crippen molar-refractivity contribution in [2.45, 2.75) is 38.4 Å². The molecule has 1 aromatic carbocycles. The molecule has 156 valence electrons. The third-order valence-electron chi connectivity index (χ3n) is 6.07. The zero-order chi connectivity index (χ0) is 19.3. The number of benzene rings is 1. The van der Waals surface area contributed by atoms with E-state index in [9.17, 15) is 4.79 Å². The lowest BCUT2D eigenvalue weighted by molar-refractivity contribution is -0.136. The van der Waals surface area contributed by atoms with Gasteiger partial charge in [-0.1, -0.05) is 36.4 Å². The minimum Gasteiger partial charge on any atom is -0.334 e. The first-order valence-electron chi connectivity index (χ1n) is 10.4. The Kier molecular flexibility index (Phi) is 7.64. The van der Waals surface area contributed by atoms with Gasteiger partial charge in [-0.15, -0.1) is 12.4 Å². The van der Waals surface area contributed by atoms with Gasteiger partial charge in [0.05, 0.1) is 6.54 Å². The molecule has 2 heterocycles. The van der Waals surface area contributed by atoms with E-state index in [-0.39, 0.29) is 24.4 Å². The second-order valence-corrected chi connectivity index (χ2v) is 8.06. The maximum absolute atomic E-state index is 13.4. The number of nitrogens with one attached hydrogen (secondary N) is 1. The lowest BCUT2D eigenvalue weighted by Crippen LogP contribution is -2.51. The van der Waals surface area contributed by atoms with Crippen molar-refractivity contribution in [3.63, 3.8) is 0 Å². The van der Waals surface area contributed by atoms with Gasteiger partial charge < -0.3 is 10.2 Å². The quantitative estimate of drug-likeness (QED) is 0.755. The SMILES string of the molecule is CC(C1CC1)N(Cc1ccccc1)C(=O)CN1CCNCC1c1cccnc1.Cl. The predicted octanol–water partition coefficient (Wildman–Crippen LogP) is 3.28. The Balaban J connectivity index is 0.00000240. The number of amides is 1. The molecule has 1 aliphatic carbocycles. The van der Waals surface area contributed by atoms with Crippen LogP contribution in [0.2, 0.25) is 0 Å². The number of nitrogens with zero attached hydrogens (tertiary/aromatic N) is 3. The highest BCUT2D eigenvalue weighted by molar-refractivity contribution is 5.85. The normalized spacial score (nSPS) is 20.5. The number of piperazine rings is 1. The Morgan fingerprint density at radius 1 is 1.24 bits per heavy atom. The van der Waals surface area contributed by atoms with Crippen molar-refractivity contribution in [1.82, 2.24) is 20.1 Å². The fourth-order valence-corrected chi connectivity index (χ4v) is 4.17. The van der Waals surface area contributed by atoms with E-state index in [1.54, 1.807) is 6.20 Å². The molecule has 1 aromatic heterocycles. The average molecular weight is 415 g/mol. The Morgan fingerprint density at radius 2 is 2.03 bits per heavy atom. The number of carbonyl (C=O) groups excluding carboxylic acids is 1. The van der Waals surface area contributed by atoms with Gasteiger partial charge in [0.1, 0.15) is 0 Å². The first-order chi connectivity index (χ1) is 13.7. The van der Waals surface area contributed by atoms with Crippen molar-refractivity contribution < 1.29 is 4.79 Å². The summed E-state index contributed by atoms with van der Waals surface area (Å²) in [5.74, 6) is 0.892. The molecule has 1 N–H and O–H groups in total. The zero-order valence-electron chi connectivity index (χ0n) is 17.0. The predicted molar refractivity (Wildman–Crippen MR) is 118 cm³/mol. The van der Waals surface area contributed by atoms with Crippen LogP contribution >= 0.6 is 12.4 Å². The summed E-state index contributed by atoms with van der Waals surface area (Å²) >= 11 is 0. The molecule has 1 saturated carbocycles. The van der Waals surface area contributed by atoms with E-state index in [1.807, 2.05) is 18.3 Å². The molecule has 5 nitrogen and oxygen atoms in total. The monoisotopic (exact) mass is 414 g/mol. The number of halogens is 1. The van der Waals surface area contributed by atoms with Gasteiger partial charge in [0, 0.05) is 50.7 Å². The van der Waals surface area contributed by atoms with Gasteiger partial charge in [-0.2, -0.15) is 0 Å². The Morgan fingerprint density at radius 3 is 2.72 bits per heavy atom. The topological polar surface area (TPSA) is 48.5 Å². The summed E-state index contributed by atoms with van der Waals surface area (Å²) in [5, 5.41) is 3.46. The Labute approximate surface area is 179 Å². The smallest absolute Gasteiger partial charge is 0.237 e. The molecule has 1 aliphatic heterocycles. The molecule has 1 saturated heterocycles. The van der Waals surface area contributed by atoms with Gasteiger partial charge in [-0.25, -0.2) is 0 Å². The van der Waals surface area contributed by atoms with Crippen molar-refractivity contribution >= 4 is 18.3 Å². The van der Waals surface area contributed by atoms with Crippen LogP contribution in [0.5, 0.6) is 0 Å². The van der Waals surface area contributed by atoms with Gasteiger partial charge in [-0.3, -0.25) is 14.7 Å². The third kappa shape index (κ3) is 5.56. The highest BCUT2D eigenvalue weighted by Crippen LogP contribution is 2.36. The molecule has 2 aliphatic rings. The van der Waals surface area contributed by atoms with Crippen LogP contribution in [-0.4, -0.2) is 52.9 Å². The van der Waals surface area contributed by atoms with Gasteiger partial charge >= 0.3 is 0 Å². The van der Waals surface area contributed by atoms with Crippen molar-refractivity contribution in [3.8, 4) is 0 Å². The molecular weight excluding hydrogens is 384 g/mol. The molecule has 0 radical (unpaired) electrons. The highest BCUT2D eigenvalue weighted by atomic mass is 35.5. The van der Waals surface area contributed by atoms with Gasteiger partial charge in [0.25, 0.3) is 0 Å². The van der Waals surface area contributed by atoms with Gasteiger partial charge in [0.15, 0.2) is 0 Å². The first kappa shape index (κ1) is 21.8. The lowest BCUT2D eigenvalue weighted by Gasteiger charge is -2.38. The van der Waals surface area contributed by atoms with Crippen LogP contribution in [0.4, 0.5) is 0 Å². The molecule has 2 aromatic rings. The molecule has 2 unspecified atom stereocenters. The molecule has 0 spiro atoms. The zero-order valence-corrected chi connectivity index (χ0v) is 17.9. The molecule has 1 amide bonds. The van der Waals surface area contributed by atoms with E-state index in [4.69, 9.17) is 0 Å². The number of rotatable bonds is 7. The average Bonchev–Trinajstić information content (AvgIpc) is 3.59. The summed E-state index contributed by atoms with van der Waals surface area (Å²) in [5.41, 5.74) is 2.37. The number of hydrogen-bond acceptors (Lipinski definition) is 4. The van der Waals surface area contributed by atoms with Crippen molar-refractivity contribution in [2.24, 2.45) is 5.92 Å². The van der Waals surface area contributed by atoms with Crippen molar-refractivity contribution in [3.05, 3.63) is 66.0 Å². The minimum atomic E-state index is 0. The summed E-state index contributed by atoms with van der Waals surface area (Å²) in [4.78, 5) is 22.1. The number of aromatic nitrogens is 1. The molecule has 2 atom stereocenters. The largest absolute Gasteiger partial charge is 0.334 e. The molecule has 6 heteroatoms. The number of pyridine rings is 1. The third-order valence-corrected chi connectivity index (χ3v) is 6.07.